The highest BCUT2D eigenvalue weighted by Crippen LogP contribution is 2.15. The van der Waals surface area contributed by atoms with Crippen molar-refractivity contribution in [1.29, 1.82) is 0 Å². The van der Waals surface area contributed by atoms with Gasteiger partial charge in [-0.2, -0.15) is 0 Å². The van der Waals surface area contributed by atoms with Crippen LogP contribution in [0.5, 0.6) is 0 Å². The van der Waals surface area contributed by atoms with E-state index in [-0.39, 0.29) is 18.0 Å². The number of imidazole rings is 1. The van der Waals surface area contributed by atoms with Crippen LogP contribution < -0.4 is 10.5 Å². The lowest BCUT2D eigenvalue weighted by molar-refractivity contribution is 0.556. The lowest BCUT2D eigenvalue weighted by Gasteiger charge is -2.08. The standard InChI is InChI=1S/C12H15FN4O2S/c13-10-7-9(8-14)1-2-11(10)20(18,19)17-4-3-12-15-5-6-16-12/h1-2,5-7,17H,3-4,8,14H2,(H,15,16). The number of rotatable bonds is 6. The molecule has 0 fully saturated rings. The Labute approximate surface area is 116 Å². The molecule has 0 saturated carbocycles. The number of nitrogens with two attached hydrogens (primary N) is 1. The summed E-state index contributed by atoms with van der Waals surface area (Å²) < 4.78 is 40.0. The molecule has 0 saturated heterocycles. The van der Waals surface area contributed by atoms with E-state index in [9.17, 15) is 12.8 Å². The van der Waals surface area contributed by atoms with E-state index in [1.54, 1.807) is 12.4 Å². The Morgan fingerprint density at radius 2 is 2.20 bits per heavy atom. The second kappa shape index (κ2) is 6.12. The number of nitrogens with one attached hydrogen (secondary N) is 2. The van der Waals surface area contributed by atoms with E-state index >= 15 is 0 Å². The maximum atomic E-state index is 13.7. The second-order valence-corrected chi connectivity index (χ2v) is 5.89. The first-order chi connectivity index (χ1) is 9.53. The van der Waals surface area contributed by atoms with E-state index in [2.05, 4.69) is 14.7 Å². The van der Waals surface area contributed by atoms with Gasteiger partial charge in [0.25, 0.3) is 0 Å². The van der Waals surface area contributed by atoms with E-state index in [1.807, 2.05) is 0 Å². The Bertz CT molecular complexity index is 671. The van der Waals surface area contributed by atoms with Crippen LogP contribution in [0.2, 0.25) is 0 Å². The van der Waals surface area contributed by atoms with Crippen LogP contribution in [0.25, 0.3) is 0 Å². The van der Waals surface area contributed by atoms with Crippen LogP contribution in [-0.4, -0.2) is 24.9 Å². The Balaban J connectivity index is 2.06. The van der Waals surface area contributed by atoms with Gasteiger partial charge in [0.1, 0.15) is 16.5 Å². The molecule has 8 heteroatoms. The number of benzene rings is 1. The van der Waals surface area contributed by atoms with Crippen LogP contribution in [0.4, 0.5) is 4.39 Å². The van der Waals surface area contributed by atoms with Crippen LogP contribution in [0.15, 0.2) is 35.5 Å². The number of halogens is 1. The van der Waals surface area contributed by atoms with Crippen molar-refractivity contribution < 1.29 is 12.8 Å². The summed E-state index contributed by atoms with van der Waals surface area (Å²) in [4.78, 5) is 6.45. The number of sulfonamides is 1. The Morgan fingerprint density at radius 3 is 2.80 bits per heavy atom. The third-order valence-corrected chi connectivity index (χ3v) is 4.22. The van der Waals surface area contributed by atoms with Crippen molar-refractivity contribution in [2.75, 3.05) is 6.54 Å². The van der Waals surface area contributed by atoms with Crippen LogP contribution >= 0.6 is 0 Å². The molecule has 0 spiro atoms. The maximum absolute atomic E-state index is 13.7. The molecule has 0 amide bonds. The summed E-state index contributed by atoms with van der Waals surface area (Å²) in [7, 11) is -3.88. The van der Waals surface area contributed by atoms with Gasteiger partial charge in [-0.1, -0.05) is 6.07 Å². The first-order valence-electron chi connectivity index (χ1n) is 5.99. The Morgan fingerprint density at radius 1 is 1.40 bits per heavy atom. The van der Waals surface area contributed by atoms with Crippen LogP contribution in [0.3, 0.4) is 0 Å². The molecule has 20 heavy (non-hydrogen) atoms. The van der Waals surface area contributed by atoms with Gasteiger partial charge in [-0.3, -0.25) is 0 Å². The minimum Gasteiger partial charge on any atom is -0.349 e. The molecule has 6 nitrogen and oxygen atoms in total. The van der Waals surface area contributed by atoms with Crippen LogP contribution in [0, 0.1) is 5.82 Å². The van der Waals surface area contributed by atoms with Gasteiger partial charge in [0.05, 0.1) is 0 Å². The average molecular weight is 298 g/mol. The van der Waals surface area contributed by atoms with E-state index in [1.165, 1.54) is 12.1 Å². The van der Waals surface area contributed by atoms with Crippen molar-refractivity contribution >= 4 is 10.0 Å². The number of hydrogen-bond acceptors (Lipinski definition) is 4. The largest absolute Gasteiger partial charge is 0.349 e. The van der Waals surface area contributed by atoms with Gasteiger partial charge in [0.2, 0.25) is 10.0 Å². The van der Waals surface area contributed by atoms with E-state index in [0.29, 0.717) is 17.8 Å². The lowest BCUT2D eigenvalue weighted by atomic mass is 10.2. The molecule has 2 rings (SSSR count). The number of aromatic amines is 1. The number of H-pyrrole nitrogens is 1. The normalized spacial score (nSPS) is 11.7. The third-order valence-electron chi connectivity index (χ3n) is 2.73. The zero-order valence-corrected chi connectivity index (χ0v) is 11.5. The molecule has 0 radical (unpaired) electrons. The molecule has 0 aliphatic rings. The minimum absolute atomic E-state index is 0.133. The van der Waals surface area contributed by atoms with Gasteiger partial charge in [-0.15, -0.1) is 0 Å². The van der Waals surface area contributed by atoms with Crippen molar-refractivity contribution in [3.8, 4) is 0 Å². The zero-order valence-electron chi connectivity index (χ0n) is 10.6. The molecule has 0 atom stereocenters. The van der Waals surface area contributed by atoms with Crippen molar-refractivity contribution in [2.45, 2.75) is 17.9 Å². The van der Waals surface area contributed by atoms with Crippen LogP contribution in [0.1, 0.15) is 11.4 Å². The van der Waals surface area contributed by atoms with E-state index in [4.69, 9.17) is 5.73 Å². The summed E-state index contributed by atoms with van der Waals surface area (Å²) in [5, 5.41) is 0. The molecule has 0 aliphatic heterocycles. The summed E-state index contributed by atoms with van der Waals surface area (Å²) >= 11 is 0. The third kappa shape index (κ3) is 3.41. The van der Waals surface area contributed by atoms with Gasteiger partial charge in [0.15, 0.2) is 0 Å². The first kappa shape index (κ1) is 14.6. The molecule has 0 bridgehead atoms. The molecular formula is C12H15FN4O2S. The Hall–Kier alpha value is -1.77. The number of aromatic nitrogens is 2. The summed E-state index contributed by atoms with van der Waals surface area (Å²) in [6.45, 7) is 0.289. The fourth-order valence-electron chi connectivity index (χ4n) is 1.71. The van der Waals surface area contributed by atoms with E-state index in [0.717, 1.165) is 6.07 Å². The summed E-state index contributed by atoms with van der Waals surface area (Å²) in [5.74, 6) is -0.148. The lowest BCUT2D eigenvalue weighted by Crippen LogP contribution is -2.27. The summed E-state index contributed by atoms with van der Waals surface area (Å²) in [6.07, 6.45) is 3.62. The molecule has 4 N–H and O–H groups in total. The smallest absolute Gasteiger partial charge is 0.243 e. The zero-order chi connectivity index (χ0) is 14.6. The van der Waals surface area contributed by atoms with Gasteiger partial charge < -0.3 is 10.7 Å². The SMILES string of the molecule is NCc1ccc(S(=O)(=O)NCCc2ncc[nH]2)c(F)c1. The van der Waals surface area contributed by atoms with Crippen molar-refractivity contribution in [2.24, 2.45) is 5.73 Å². The van der Waals surface area contributed by atoms with Gasteiger partial charge in [-0.05, 0) is 17.7 Å². The molecule has 2 aromatic rings. The fourth-order valence-corrected chi connectivity index (χ4v) is 2.79. The molecule has 108 valence electrons. The molecule has 1 heterocycles. The second-order valence-electron chi connectivity index (χ2n) is 4.15. The topological polar surface area (TPSA) is 101 Å². The maximum Gasteiger partial charge on any atom is 0.243 e. The van der Waals surface area contributed by atoms with Gasteiger partial charge in [0, 0.05) is 31.9 Å². The van der Waals surface area contributed by atoms with Crippen molar-refractivity contribution in [3.63, 3.8) is 0 Å². The highest BCUT2D eigenvalue weighted by Gasteiger charge is 2.18. The Kier molecular flexibility index (Phi) is 4.48. The molecule has 1 aromatic heterocycles. The quantitative estimate of drug-likeness (QED) is 0.724. The molecule has 0 aliphatic carbocycles. The summed E-state index contributed by atoms with van der Waals surface area (Å²) in [6, 6.07) is 3.83. The fraction of sp³-hybridized carbons (Fsp3) is 0.250. The van der Waals surface area contributed by atoms with Crippen molar-refractivity contribution in [3.05, 3.63) is 47.8 Å². The summed E-state index contributed by atoms with van der Waals surface area (Å²) in [5.41, 5.74) is 5.91. The van der Waals surface area contributed by atoms with Gasteiger partial charge in [-0.25, -0.2) is 22.5 Å². The van der Waals surface area contributed by atoms with Crippen molar-refractivity contribution in [1.82, 2.24) is 14.7 Å². The van der Waals surface area contributed by atoms with Gasteiger partial charge >= 0.3 is 0 Å². The molecule has 1 aromatic carbocycles. The first-order valence-corrected chi connectivity index (χ1v) is 7.47. The van der Waals surface area contributed by atoms with E-state index < -0.39 is 15.8 Å². The molecular weight excluding hydrogens is 283 g/mol. The highest BCUT2D eigenvalue weighted by molar-refractivity contribution is 7.89. The molecule has 0 unspecified atom stereocenters. The average Bonchev–Trinajstić information content (AvgIpc) is 2.91. The monoisotopic (exact) mass is 298 g/mol. The minimum atomic E-state index is -3.88. The van der Waals surface area contributed by atoms with Crippen LogP contribution in [-0.2, 0) is 23.0 Å². The number of hydrogen-bond donors (Lipinski definition) is 3. The highest BCUT2D eigenvalue weighted by atomic mass is 32.2. The predicted molar refractivity (Wildman–Crippen MR) is 71.8 cm³/mol. The number of nitrogens with zero attached hydrogens (tertiary/aromatic N) is 1. The predicted octanol–water partition coefficient (Wildman–Crippen LogP) is 0.528.